The highest BCUT2D eigenvalue weighted by Gasteiger charge is 2.15. The Balaban J connectivity index is 3.27. The zero-order chi connectivity index (χ0) is 10.9. The number of rotatable bonds is 2. The van der Waals surface area contributed by atoms with Gasteiger partial charge in [0.2, 0.25) is 0 Å². The number of anilines is 2. The smallest absolute Gasteiger partial charge is 0.296 e. The number of nitrogen functional groups attached to an aromatic ring is 1. The second-order valence-corrected chi connectivity index (χ2v) is 3.77. The van der Waals surface area contributed by atoms with Crippen molar-refractivity contribution in [2.75, 3.05) is 10.5 Å². The number of hydrogen-bond acceptors (Lipinski definition) is 3. The molecule has 0 saturated heterocycles. The van der Waals surface area contributed by atoms with Gasteiger partial charge in [0.05, 0.1) is 5.69 Å². The molecule has 5 nitrogen and oxygen atoms in total. The van der Waals surface area contributed by atoms with Crippen LogP contribution in [-0.4, -0.2) is 8.42 Å². The average Bonchev–Trinajstić information content (AvgIpc) is 2.04. The summed E-state index contributed by atoms with van der Waals surface area (Å²) in [6, 6.07) is 1.80. The molecular formula is C6H7F2N3O2S. The zero-order valence-corrected chi connectivity index (χ0v) is 7.61. The highest BCUT2D eigenvalue weighted by molar-refractivity contribution is 7.90. The van der Waals surface area contributed by atoms with Crippen LogP contribution in [0.3, 0.4) is 0 Å². The molecule has 0 heterocycles. The Morgan fingerprint density at radius 3 is 2.36 bits per heavy atom. The minimum atomic E-state index is -4.18. The Hall–Kier alpha value is -1.41. The molecule has 5 N–H and O–H groups in total. The van der Waals surface area contributed by atoms with Gasteiger partial charge in [0.25, 0.3) is 10.2 Å². The van der Waals surface area contributed by atoms with Crippen molar-refractivity contribution in [3.8, 4) is 0 Å². The summed E-state index contributed by atoms with van der Waals surface area (Å²) in [6.45, 7) is 0. The first kappa shape index (κ1) is 10.7. The van der Waals surface area contributed by atoms with E-state index in [1.54, 1.807) is 4.72 Å². The zero-order valence-electron chi connectivity index (χ0n) is 6.79. The van der Waals surface area contributed by atoms with Gasteiger partial charge >= 0.3 is 0 Å². The van der Waals surface area contributed by atoms with Crippen molar-refractivity contribution in [3.63, 3.8) is 0 Å². The molecule has 0 saturated carbocycles. The Labute approximate surface area is 78.9 Å². The van der Waals surface area contributed by atoms with Gasteiger partial charge < -0.3 is 5.73 Å². The SMILES string of the molecule is Nc1ccc(F)c(F)c1NS(N)(=O)=O. The van der Waals surface area contributed by atoms with Gasteiger partial charge in [-0.2, -0.15) is 8.42 Å². The van der Waals surface area contributed by atoms with Crippen LogP contribution in [0.15, 0.2) is 12.1 Å². The summed E-state index contributed by atoms with van der Waals surface area (Å²) >= 11 is 0. The van der Waals surface area contributed by atoms with Crippen LogP contribution in [0.2, 0.25) is 0 Å². The fourth-order valence-electron chi connectivity index (χ4n) is 0.812. The lowest BCUT2D eigenvalue weighted by atomic mass is 10.2. The standard InChI is InChI=1S/C6H7F2N3O2S/c7-3-1-2-4(9)6(5(3)8)11-14(10,12)13/h1-2,11H,9H2,(H2,10,12,13). The lowest BCUT2D eigenvalue weighted by Crippen LogP contribution is -2.23. The first-order valence-electron chi connectivity index (χ1n) is 3.35. The van der Waals surface area contributed by atoms with Crippen molar-refractivity contribution in [2.45, 2.75) is 0 Å². The minimum absolute atomic E-state index is 0.252. The van der Waals surface area contributed by atoms with E-state index in [9.17, 15) is 17.2 Å². The summed E-state index contributed by atoms with van der Waals surface area (Å²) < 4.78 is 48.2. The Morgan fingerprint density at radius 1 is 1.29 bits per heavy atom. The van der Waals surface area contributed by atoms with Crippen molar-refractivity contribution >= 4 is 21.6 Å². The normalized spacial score (nSPS) is 11.4. The van der Waals surface area contributed by atoms with Gasteiger partial charge in [-0.25, -0.2) is 13.9 Å². The maximum Gasteiger partial charge on any atom is 0.296 e. The minimum Gasteiger partial charge on any atom is -0.397 e. The molecule has 0 radical (unpaired) electrons. The summed E-state index contributed by atoms with van der Waals surface area (Å²) in [5.74, 6) is -2.61. The predicted octanol–water partition coefficient (Wildman–Crippen LogP) is 0.162. The van der Waals surface area contributed by atoms with E-state index < -0.39 is 27.5 Å². The number of halogens is 2. The number of nitrogens with two attached hydrogens (primary N) is 2. The van der Waals surface area contributed by atoms with Crippen LogP contribution >= 0.6 is 0 Å². The molecular weight excluding hydrogens is 216 g/mol. The maximum atomic E-state index is 13.0. The van der Waals surface area contributed by atoms with Crippen molar-refractivity contribution in [1.82, 2.24) is 0 Å². The Morgan fingerprint density at radius 2 is 1.86 bits per heavy atom. The largest absolute Gasteiger partial charge is 0.397 e. The van der Waals surface area contributed by atoms with Crippen LogP contribution in [-0.2, 0) is 10.2 Å². The third-order valence-electron chi connectivity index (χ3n) is 1.37. The topological polar surface area (TPSA) is 98.2 Å². The molecule has 78 valence electrons. The van der Waals surface area contributed by atoms with E-state index in [4.69, 9.17) is 5.73 Å². The number of benzene rings is 1. The van der Waals surface area contributed by atoms with E-state index in [0.29, 0.717) is 0 Å². The van der Waals surface area contributed by atoms with Crippen molar-refractivity contribution < 1.29 is 17.2 Å². The van der Waals surface area contributed by atoms with E-state index >= 15 is 0 Å². The van der Waals surface area contributed by atoms with Crippen LogP contribution in [0.1, 0.15) is 0 Å². The molecule has 1 rings (SSSR count). The van der Waals surface area contributed by atoms with Gasteiger partial charge in [0.15, 0.2) is 11.6 Å². The van der Waals surface area contributed by atoms with Gasteiger partial charge in [-0.15, -0.1) is 0 Å². The first-order chi connectivity index (χ1) is 6.31. The lowest BCUT2D eigenvalue weighted by molar-refractivity contribution is 0.512. The summed E-state index contributed by atoms with van der Waals surface area (Å²) in [4.78, 5) is 0. The highest BCUT2D eigenvalue weighted by Crippen LogP contribution is 2.24. The summed E-state index contributed by atoms with van der Waals surface area (Å²) in [5.41, 5.74) is 4.27. The van der Waals surface area contributed by atoms with E-state index in [-0.39, 0.29) is 5.69 Å². The third kappa shape index (κ3) is 2.30. The molecule has 0 bridgehead atoms. The molecule has 1 aromatic rings. The van der Waals surface area contributed by atoms with Crippen LogP contribution < -0.4 is 15.6 Å². The third-order valence-corrected chi connectivity index (χ3v) is 1.86. The second kappa shape index (κ2) is 3.39. The summed E-state index contributed by atoms with van der Waals surface area (Å²) in [7, 11) is -4.18. The van der Waals surface area contributed by atoms with E-state index in [1.165, 1.54) is 0 Å². The van der Waals surface area contributed by atoms with Crippen LogP contribution in [0.4, 0.5) is 20.2 Å². The van der Waals surface area contributed by atoms with Crippen molar-refractivity contribution in [1.29, 1.82) is 0 Å². The molecule has 0 aliphatic heterocycles. The fraction of sp³-hybridized carbons (Fsp3) is 0. The maximum absolute atomic E-state index is 13.0. The molecule has 14 heavy (non-hydrogen) atoms. The molecule has 0 aromatic heterocycles. The molecule has 0 unspecified atom stereocenters. The molecule has 1 aromatic carbocycles. The summed E-state index contributed by atoms with van der Waals surface area (Å²) in [6.07, 6.45) is 0. The highest BCUT2D eigenvalue weighted by atomic mass is 32.2. The fourth-order valence-corrected chi connectivity index (χ4v) is 1.30. The van der Waals surface area contributed by atoms with Crippen LogP contribution in [0.5, 0.6) is 0 Å². The molecule has 0 spiro atoms. The average molecular weight is 223 g/mol. The quantitative estimate of drug-likeness (QED) is 0.623. The van der Waals surface area contributed by atoms with Crippen molar-refractivity contribution in [2.24, 2.45) is 5.14 Å². The Bertz CT molecular complexity index is 460. The predicted molar refractivity (Wildman–Crippen MR) is 47.5 cm³/mol. The molecule has 0 aliphatic carbocycles. The second-order valence-electron chi connectivity index (χ2n) is 2.47. The van der Waals surface area contributed by atoms with E-state index in [1.807, 2.05) is 0 Å². The molecule has 0 atom stereocenters. The van der Waals surface area contributed by atoms with Crippen LogP contribution in [0, 0.1) is 11.6 Å². The molecule has 0 fully saturated rings. The van der Waals surface area contributed by atoms with Gasteiger partial charge in [0.1, 0.15) is 5.69 Å². The monoisotopic (exact) mass is 223 g/mol. The van der Waals surface area contributed by atoms with E-state index in [2.05, 4.69) is 5.14 Å². The van der Waals surface area contributed by atoms with Crippen molar-refractivity contribution in [3.05, 3.63) is 23.8 Å². The first-order valence-corrected chi connectivity index (χ1v) is 4.90. The lowest BCUT2D eigenvalue weighted by Gasteiger charge is -2.08. The summed E-state index contributed by atoms with van der Waals surface area (Å²) in [5, 5.41) is 4.57. The Kier molecular flexibility index (Phi) is 2.58. The number of hydrogen-bond donors (Lipinski definition) is 3. The van der Waals surface area contributed by atoms with Crippen LogP contribution in [0.25, 0.3) is 0 Å². The molecule has 0 amide bonds. The van der Waals surface area contributed by atoms with Gasteiger partial charge in [0, 0.05) is 0 Å². The molecule has 0 aliphatic rings. The molecule has 8 heteroatoms. The van der Waals surface area contributed by atoms with Gasteiger partial charge in [-0.05, 0) is 12.1 Å². The van der Waals surface area contributed by atoms with Gasteiger partial charge in [-0.1, -0.05) is 0 Å². The number of nitrogens with one attached hydrogen (secondary N) is 1. The van der Waals surface area contributed by atoms with E-state index in [0.717, 1.165) is 12.1 Å². The van der Waals surface area contributed by atoms with Gasteiger partial charge in [-0.3, -0.25) is 4.72 Å².